The summed E-state index contributed by atoms with van der Waals surface area (Å²) in [4.78, 5) is 15.1. The van der Waals surface area contributed by atoms with Gasteiger partial charge >= 0.3 is 0 Å². The molecule has 0 spiro atoms. The molecule has 0 aromatic heterocycles. The van der Waals surface area contributed by atoms with Crippen LogP contribution in [-0.2, 0) is 4.79 Å². The van der Waals surface area contributed by atoms with Crippen molar-refractivity contribution in [3.63, 3.8) is 0 Å². The quantitative estimate of drug-likeness (QED) is 0.623. The minimum atomic E-state index is 0.140. The minimum Gasteiger partial charge on any atom is -0.346 e. The van der Waals surface area contributed by atoms with Gasteiger partial charge in [0.15, 0.2) is 0 Å². The van der Waals surface area contributed by atoms with Gasteiger partial charge in [-0.05, 0) is 27.1 Å². The van der Waals surface area contributed by atoms with E-state index in [1.54, 1.807) is 4.90 Å². The van der Waals surface area contributed by atoms with Gasteiger partial charge in [-0.2, -0.15) is 0 Å². The number of hydrogen-bond acceptors (Lipinski definition) is 3. The van der Waals surface area contributed by atoms with Crippen molar-refractivity contribution < 1.29 is 4.79 Å². The monoisotopic (exact) mass is 187 g/mol. The van der Waals surface area contributed by atoms with Crippen molar-refractivity contribution in [1.82, 2.24) is 9.80 Å². The van der Waals surface area contributed by atoms with Crippen LogP contribution in [0, 0.1) is 0 Å². The van der Waals surface area contributed by atoms with Crippen LogP contribution in [0.5, 0.6) is 0 Å². The predicted octanol–water partition coefficient (Wildman–Crippen LogP) is -0.255. The number of carbonyl (C=O) groups is 1. The van der Waals surface area contributed by atoms with Gasteiger partial charge in [0.25, 0.3) is 0 Å². The smallest absolute Gasteiger partial charge is 0.223 e. The molecule has 0 aliphatic carbocycles. The molecule has 0 bridgehead atoms. The fourth-order valence-electron chi connectivity index (χ4n) is 1.06. The second-order valence-electron chi connectivity index (χ2n) is 3.51. The summed E-state index contributed by atoms with van der Waals surface area (Å²) in [6.07, 6.45) is 1.47. The number of nitrogens with zero attached hydrogens (tertiary/aromatic N) is 2. The average Bonchev–Trinajstić information content (AvgIpc) is 2.04. The Morgan fingerprint density at radius 3 is 2.31 bits per heavy atom. The van der Waals surface area contributed by atoms with E-state index >= 15 is 0 Å². The zero-order valence-electron chi connectivity index (χ0n) is 8.92. The third-order valence-corrected chi connectivity index (χ3v) is 1.88. The van der Waals surface area contributed by atoms with Crippen LogP contribution in [-0.4, -0.2) is 56.5 Å². The van der Waals surface area contributed by atoms with Crippen LogP contribution in [0.3, 0.4) is 0 Å². The van der Waals surface area contributed by atoms with Crippen LogP contribution in [0.25, 0.3) is 0 Å². The molecule has 0 fully saturated rings. The van der Waals surface area contributed by atoms with E-state index in [0.717, 1.165) is 19.5 Å². The van der Waals surface area contributed by atoms with E-state index in [9.17, 15) is 4.79 Å². The Hall–Kier alpha value is -0.610. The van der Waals surface area contributed by atoms with Crippen LogP contribution in [0.1, 0.15) is 12.8 Å². The number of amides is 1. The van der Waals surface area contributed by atoms with Crippen LogP contribution in [0.4, 0.5) is 0 Å². The molecule has 0 saturated carbocycles. The summed E-state index contributed by atoms with van der Waals surface area (Å²) in [6, 6.07) is 0. The fraction of sp³-hybridized carbons (Fsp3) is 0.889. The van der Waals surface area contributed by atoms with Crippen molar-refractivity contribution in [3.8, 4) is 0 Å². The van der Waals surface area contributed by atoms with Crippen molar-refractivity contribution in [1.29, 1.82) is 0 Å². The average molecular weight is 187 g/mol. The maximum Gasteiger partial charge on any atom is 0.223 e. The van der Waals surface area contributed by atoms with Gasteiger partial charge in [0.2, 0.25) is 5.91 Å². The number of rotatable bonds is 6. The van der Waals surface area contributed by atoms with Crippen molar-refractivity contribution >= 4 is 5.91 Å². The fourth-order valence-corrected chi connectivity index (χ4v) is 1.06. The second kappa shape index (κ2) is 6.86. The Labute approximate surface area is 80.7 Å². The van der Waals surface area contributed by atoms with Crippen molar-refractivity contribution in [3.05, 3.63) is 0 Å². The summed E-state index contributed by atoms with van der Waals surface area (Å²) in [6.45, 7) is 2.27. The molecule has 78 valence electrons. The van der Waals surface area contributed by atoms with Gasteiger partial charge in [-0.3, -0.25) is 4.79 Å². The molecule has 2 N–H and O–H groups in total. The van der Waals surface area contributed by atoms with Crippen molar-refractivity contribution in [2.45, 2.75) is 12.8 Å². The van der Waals surface area contributed by atoms with E-state index < -0.39 is 0 Å². The summed E-state index contributed by atoms with van der Waals surface area (Å²) in [5.41, 5.74) is 5.29. The Balaban J connectivity index is 3.49. The van der Waals surface area contributed by atoms with Gasteiger partial charge in [0.1, 0.15) is 0 Å². The van der Waals surface area contributed by atoms with Crippen LogP contribution >= 0.6 is 0 Å². The first-order valence-corrected chi connectivity index (χ1v) is 4.66. The van der Waals surface area contributed by atoms with Crippen LogP contribution in [0.2, 0.25) is 0 Å². The maximum atomic E-state index is 11.3. The highest BCUT2D eigenvalue weighted by molar-refractivity contribution is 5.75. The summed E-state index contributed by atoms with van der Waals surface area (Å²) < 4.78 is 0. The van der Waals surface area contributed by atoms with E-state index in [4.69, 9.17) is 5.73 Å². The third kappa shape index (κ3) is 6.54. The van der Waals surface area contributed by atoms with Gasteiger partial charge in [-0.1, -0.05) is 0 Å². The Bertz CT molecular complexity index is 148. The normalized spacial score (nSPS) is 10.5. The molecule has 0 aliphatic rings. The molecule has 1 amide bonds. The lowest BCUT2D eigenvalue weighted by atomic mass is 10.3. The molecule has 0 atom stereocenters. The number of nitrogens with two attached hydrogens (primary N) is 1. The summed E-state index contributed by atoms with van der Waals surface area (Å²) in [7, 11) is 5.89. The van der Waals surface area contributed by atoms with E-state index in [-0.39, 0.29) is 5.91 Å². The zero-order valence-corrected chi connectivity index (χ0v) is 8.92. The zero-order chi connectivity index (χ0) is 10.3. The highest BCUT2D eigenvalue weighted by Crippen LogP contribution is 1.92. The maximum absolute atomic E-state index is 11.3. The van der Waals surface area contributed by atoms with E-state index in [1.807, 2.05) is 21.1 Å². The highest BCUT2D eigenvalue weighted by Gasteiger charge is 2.06. The van der Waals surface area contributed by atoms with Gasteiger partial charge in [0.05, 0.1) is 0 Å². The Morgan fingerprint density at radius 1 is 1.23 bits per heavy atom. The standard InChI is InChI=1S/C9H21N3O/c1-11(2)7-4-8-12(3)9(13)5-6-10/h4-8,10H2,1-3H3. The van der Waals surface area contributed by atoms with E-state index in [1.165, 1.54) is 0 Å². The van der Waals surface area contributed by atoms with Crippen molar-refractivity contribution in [2.75, 3.05) is 40.8 Å². The van der Waals surface area contributed by atoms with Gasteiger partial charge < -0.3 is 15.5 Å². The number of hydrogen-bond donors (Lipinski definition) is 1. The second-order valence-corrected chi connectivity index (χ2v) is 3.51. The number of carbonyl (C=O) groups excluding carboxylic acids is 1. The lowest BCUT2D eigenvalue weighted by Gasteiger charge is -2.18. The Kier molecular flexibility index (Phi) is 6.54. The van der Waals surface area contributed by atoms with Crippen molar-refractivity contribution in [2.24, 2.45) is 5.73 Å². The predicted molar refractivity (Wildman–Crippen MR) is 54.5 cm³/mol. The molecule has 0 unspecified atom stereocenters. The minimum absolute atomic E-state index is 0.140. The molecular formula is C9H21N3O. The summed E-state index contributed by atoms with van der Waals surface area (Å²) in [5, 5.41) is 0. The largest absolute Gasteiger partial charge is 0.346 e. The lowest BCUT2D eigenvalue weighted by molar-refractivity contribution is -0.129. The summed E-state index contributed by atoms with van der Waals surface area (Å²) in [5.74, 6) is 0.140. The molecule has 4 nitrogen and oxygen atoms in total. The van der Waals surface area contributed by atoms with Crippen LogP contribution in [0.15, 0.2) is 0 Å². The highest BCUT2D eigenvalue weighted by atomic mass is 16.2. The summed E-state index contributed by atoms with van der Waals surface area (Å²) >= 11 is 0. The van der Waals surface area contributed by atoms with Gasteiger partial charge in [-0.15, -0.1) is 0 Å². The van der Waals surface area contributed by atoms with Gasteiger partial charge in [0, 0.05) is 26.6 Å². The SMILES string of the molecule is CN(C)CCCN(C)C(=O)CCN. The molecule has 0 aliphatic heterocycles. The van der Waals surface area contributed by atoms with Crippen LogP contribution < -0.4 is 5.73 Å². The first-order valence-electron chi connectivity index (χ1n) is 4.66. The van der Waals surface area contributed by atoms with E-state index in [0.29, 0.717) is 13.0 Å². The topological polar surface area (TPSA) is 49.6 Å². The van der Waals surface area contributed by atoms with Gasteiger partial charge in [-0.25, -0.2) is 0 Å². The first-order chi connectivity index (χ1) is 6.07. The third-order valence-electron chi connectivity index (χ3n) is 1.88. The Morgan fingerprint density at radius 2 is 1.85 bits per heavy atom. The molecule has 0 aromatic carbocycles. The molecule has 13 heavy (non-hydrogen) atoms. The first kappa shape index (κ1) is 12.4. The lowest BCUT2D eigenvalue weighted by Crippen LogP contribution is -2.30. The molecular weight excluding hydrogens is 166 g/mol. The molecule has 0 aromatic rings. The molecule has 4 heteroatoms. The molecule has 0 radical (unpaired) electrons. The van der Waals surface area contributed by atoms with E-state index in [2.05, 4.69) is 4.90 Å². The molecule has 0 saturated heterocycles. The molecule has 0 heterocycles. The molecule has 0 rings (SSSR count).